The van der Waals surface area contributed by atoms with Crippen LogP contribution in [0.2, 0.25) is 0 Å². The van der Waals surface area contributed by atoms with E-state index in [0.717, 1.165) is 13.0 Å². The first kappa shape index (κ1) is 13.9. The maximum Gasteiger partial charge on any atom is 0.108 e. The molecule has 0 radical (unpaired) electrons. The normalized spacial score (nSPS) is 23.0. The first-order valence-electron chi connectivity index (χ1n) is 7.68. The lowest BCUT2D eigenvalue weighted by Crippen LogP contribution is -2.28. The van der Waals surface area contributed by atoms with Gasteiger partial charge in [-0.3, -0.25) is 0 Å². The van der Waals surface area contributed by atoms with Crippen LogP contribution >= 0.6 is 11.8 Å². The minimum absolute atomic E-state index is 0.0855. The molecule has 2 atom stereocenters. The predicted octanol–water partition coefficient (Wildman–Crippen LogP) is 4.96. The van der Waals surface area contributed by atoms with E-state index in [4.69, 9.17) is 4.74 Å². The van der Waals surface area contributed by atoms with Crippen molar-refractivity contribution in [1.82, 2.24) is 0 Å². The molecule has 2 heterocycles. The van der Waals surface area contributed by atoms with E-state index in [0.29, 0.717) is 0 Å². The number of thioether (sulfide) groups is 1. The third kappa shape index (κ3) is 2.34. The average molecular weight is 309 g/mol. The van der Waals surface area contributed by atoms with E-state index in [1.165, 1.54) is 27.3 Å². The van der Waals surface area contributed by atoms with Crippen molar-refractivity contribution in [3.63, 3.8) is 0 Å². The molecule has 2 nitrogen and oxygen atoms in total. The van der Waals surface area contributed by atoms with Gasteiger partial charge in [0.15, 0.2) is 0 Å². The van der Waals surface area contributed by atoms with Gasteiger partial charge in [0.2, 0.25) is 0 Å². The van der Waals surface area contributed by atoms with Gasteiger partial charge < -0.3 is 10.1 Å². The highest BCUT2D eigenvalue weighted by molar-refractivity contribution is 7.98. The summed E-state index contributed by atoms with van der Waals surface area (Å²) >= 11 is 1.78. The van der Waals surface area contributed by atoms with Crippen LogP contribution in [0.4, 0.5) is 5.69 Å². The zero-order chi connectivity index (χ0) is 14.9. The van der Waals surface area contributed by atoms with Gasteiger partial charge in [-0.2, -0.15) is 0 Å². The Morgan fingerprint density at radius 2 is 2.00 bits per heavy atom. The summed E-state index contributed by atoms with van der Waals surface area (Å²) in [5, 5.41) is 3.71. The number of rotatable bonds is 2. The Morgan fingerprint density at radius 3 is 2.82 bits per heavy atom. The van der Waals surface area contributed by atoms with Crippen LogP contribution < -0.4 is 5.32 Å². The highest BCUT2D eigenvalue weighted by Gasteiger charge is 2.34. The van der Waals surface area contributed by atoms with E-state index in [-0.39, 0.29) is 12.1 Å². The van der Waals surface area contributed by atoms with Crippen molar-refractivity contribution in [1.29, 1.82) is 0 Å². The summed E-state index contributed by atoms with van der Waals surface area (Å²) in [4.78, 5) is 1.28. The Bertz CT molecular complexity index is 711. The van der Waals surface area contributed by atoms with E-state index in [9.17, 15) is 0 Å². The molecule has 0 bridgehead atoms. The molecule has 1 N–H and O–H groups in total. The molecule has 0 saturated carbocycles. The van der Waals surface area contributed by atoms with E-state index < -0.39 is 0 Å². The number of nitrogens with one attached hydrogen (secondary N) is 1. The molecule has 0 amide bonds. The second-order valence-corrected chi connectivity index (χ2v) is 6.56. The first-order chi connectivity index (χ1) is 10.9. The van der Waals surface area contributed by atoms with Crippen molar-refractivity contribution >= 4 is 17.4 Å². The van der Waals surface area contributed by atoms with E-state index in [1.807, 2.05) is 0 Å². The summed E-state index contributed by atoms with van der Waals surface area (Å²) in [5.74, 6) is 0. The topological polar surface area (TPSA) is 21.3 Å². The highest BCUT2D eigenvalue weighted by atomic mass is 32.2. The van der Waals surface area contributed by atoms with Crippen molar-refractivity contribution in [2.24, 2.45) is 0 Å². The highest BCUT2D eigenvalue weighted by Crippen LogP contribution is 2.47. The molecule has 4 rings (SSSR count). The quantitative estimate of drug-likeness (QED) is 0.625. The van der Waals surface area contributed by atoms with Crippen molar-refractivity contribution in [3.8, 4) is 0 Å². The van der Waals surface area contributed by atoms with Crippen LogP contribution in [0.15, 0.2) is 65.1 Å². The maximum atomic E-state index is 6.14. The molecule has 0 aromatic heterocycles. The molecule has 0 aliphatic carbocycles. The first-order valence-corrected chi connectivity index (χ1v) is 8.90. The predicted molar refractivity (Wildman–Crippen MR) is 92.4 cm³/mol. The van der Waals surface area contributed by atoms with E-state index in [2.05, 4.69) is 66.2 Å². The third-order valence-electron chi connectivity index (χ3n) is 4.39. The lowest BCUT2D eigenvalue weighted by Gasteiger charge is -2.38. The minimum atomic E-state index is 0.0855. The number of anilines is 1. The molecule has 0 unspecified atom stereocenters. The third-order valence-corrected chi connectivity index (χ3v) is 5.12. The lowest BCUT2D eigenvalue weighted by molar-refractivity contribution is 0.0649. The average Bonchev–Trinajstić information content (AvgIpc) is 2.61. The molecule has 22 heavy (non-hydrogen) atoms. The van der Waals surface area contributed by atoms with Crippen molar-refractivity contribution < 1.29 is 4.74 Å². The van der Waals surface area contributed by atoms with E-state index >= 15 is 0 Å². The smallest absolute Gasteiger partial charge is 0.108 e. The SMILES string of the molecule is CSc1ccc2c(c1)[C@H]1OCCC=C1[C@H](c1ccccc1)N2. The van der Waals surface area contributed by atoms with Crippen LogP contribution in [0.25, 0.3) is 0 Å². The fourth-order valence-corrected chi connectivity index (χ4v) is 3.78. The van der Waals surface area contributed by atoms with Crippen molar-refractivity contribution in [2.45, 2.75) is 23.5 Å². The fraction of sp³-hybridized carbons (Fsp3) is 0.263. The summed E-state index contributed by atoms with van der Waals surface area (Å²) < 4.78 is 6.14. The largest absolute Gasteiger partial charge is 0.374 e. The van der Waals surface area contributed by atoms with Gasteiger partial charge in [-0.1, -0.05) is 36.4 Å². The summed E-state index contributed by atoms with van der Waals surface area (Å²) in [6.07, 6.45) is 5.55. The Labute approximate surface area is 135 Å². The maximum absolute atomic E-state index is 6.14. The van der Waals surface area contributed by atoms with Gasteiger partial charge in [-0.15, -0.1) is 11.8 Å². The van der Waals surface area contributed by atoms with Crippen LogP contribution in [0, 0.1) is 0 Å². The Morgan fingerprint density at radius 1 is 1.14 bits per heavy atom. The fourth-order valence-electron chi connectivity index (χ4n) is 3.33. The number of fused-ring (bicyclic) bond motifs is 3. The van der Waals surface area contributed by atoms with Crippen LogP contribution in [-0.2, 0) is 4.74 Å². The molecule has 3 heteroatoms. The van der Waals surface area contributed by atoms with Gasteiger partial charge in [0.05, 0.1) is 12.6 Å². The molecule has 2 aromatic rings. The lowest BCUT2D eigenvalue weighted by atomic mass is 9.84. The molecule has 0 fully saturated rings. The monoisotopic (exact) mass is 309 g/mol. The van der Waals surface area contributed by atoms with Gasteiger partial charge in [0.25, 0.3) is 0 Å². The van der Waals surface area contributed by atoms with Crippen LogP contribution in [0.1, 0.15) is 29.7 Å². The second kappa shape index (κ2) is 5.82. The standard InChI is InChI=1S/C19H19NOS/c1-22-14-9-10-17-16(12-14)19-15(8-5-11-21-19)18(20-17)13-6-3-2-4-7-13/h2-4,6-10,12,18-20H,5,11H2,1H3/t18-,19-/m0/s1. The van der Waals surface area contributed by atoms with Gasteiger partial charge in [0.1, 0.15) is 6.10 Å². The van der Waals surface area contributed by atoms with Gasteiger partial charge >= 0.3 is 0 Å². The molecular weight excluding hydrogens is 290 g/mol. The van der Waals surface area contributed by atoms with Crippen LogP contribution in [0.3, 0.4) is 0 Å². The molecule has 0 spiro atoms. The zero-order valence-electron chi connectivity index (χ0n) is 12.6. The van der Waals surface area contributed by atoms with Crippen LogP contribution in [0.5, 0.6) is 0 Å². The van der Waals surface area contributed by atoms with Gasteiger partial charge in [-0.05, 0) is 42.0 Å². The number of hydrogen-bond donors (Lipinski definition) is 1. The number of ether oxygens (including phenoxy) is 1. The number of benzene rings is 2. The molecule has 2 aromatic carbocycles. The van der Waals surface area contributed by atoms with E-state index in [1.54, 1.807) is 11.8 Å². The summed E-state index contributed by atoms with van der Waals surface area (Å²) in [5.41, 5.74) is 5.10. The van der Waals surface area contributed by atoms with Gasteiger partial charge in [-0.25, -0.2) is 0 Å². The van der Waals surface area contributed by atoms with Crippen molar-refractivity contribution in [2.75, 3.05) is 18.2 Å². The molecule has 2 aliphatic heterocycles. The van der Waals surface area contributed by atoms with Crippen LogP contribution in [-0.4, -0.2) is 12.9 Å². The molecule has 112 valence electrons. The summed E-state index contributed by atoms with van der Waals surface area (Å²) in [6, 6.07) is 17.5. The van der Waals surface area contributed by atoms with Crippen molar-refractivity contribution in [3.05, 3.63) is 71.3 Å². The minimum Gasteiger partial charge on any atom is -0.374 e. The Balaban J connectivity index is 1.82. The zero-order valence-corrected chi connectivity index (χ0v) is 13.4. The van der Waals surface area contributed by atoms with Gasteiger partial charge in [0, 0.05) is 16.1 Å². The summed E-state index contributed by atoms with van der Waals surface area (Å²) in [7, 11) is 0. The Hall–Kier alpha value is -1.71. The molecule has 0 saturated heterocycles. The Kier molecular flexibility index (Phi) is 3.68. The molecular formula is C19H19NOS. The molecule has 2 aliphatic rings. The second-order valence-electron chi connectivity index (χ2n) is 5.68. The summed E-state index contributed by atoms with van der Waals surface area (Å²) in [6.45, 7) is 0.804. The number of hydrogen-bond acceptors (Lipinski definition) is 3.